The van der Waals surface area contributed by atoms with Gasteiger partial charge in [0.25, 0.3) is 5.91 Å². The minimum Gasteiger partial charge on any atom is -0.496 e. The van der Waals surface area contributed by atoms with Crippen LogP contribution < -0.4 is 4.74 Å². The first-order chi connectivity index (χ1) is 13.5. The lowest BCUT2D eigenvalue weighted by atomic mass is 9.98. The maximum Gasteiger partial charge on any atom is 0.256 e. The molecule has 1 aromatic heterocycles. The third-order valence-electron chi connectivity index (χ3n) is 5.36. The molecule has 0 atom stereocenters. The zero-order valence-electron chi connectivity index (χ0n) is 15.9. The van der Waals surface area contributed by atoms with E-state index in [0.29, 0.717) is 18.7 Å². The van der Waals surface area contributed by atoms with Crippen molar-refractivity contribution in [1.82, 2.24) is 9.47 Å². The number of aldehydes is 1. The van der Waals surface area contributed by atoms with E-state index in [-0.39, 0.29) is 12.5 Å². The van der Waals surface area contributed by atoms with E-state index < -0.39 is 0 Å². The van der Waals surface area contributed by atoms with Crippen LogP contribution >= 0.6 is 15.9 Å². The second kappa shape index (κ2) is 7.43. The molecule has 0 saturated heterocycles. The Morgan fingerprint density at radius 3 is 2.89 bits per heavy atom. The summed E-state index contributed by atoms with van der Waals surface area (Å²) in [4.78, 5) is 26.4. The fourth-order valence-electron chi connectivity index (χ4n) is 4.12. The average molecular weight is 441 g/mol. The highest BCUT2D eigenvalue weighted by Gasteiger charge is 2.26. The molecule has 2 aromatic carbocycles. The van der Waals surface area contributed by atoms with Gasteiger partial charge in [0.1, 0.15) is 12.0 Å². The summed E-state index contributed by atoms with van der Waals surface area (Å²) in [7, 11) is 1.68. The zero-order chi connectivity index (χ0) is 19.8. The molecular formula is C22H21BrN2O3. The van der Waals surface area contributed by atoms with E-state index in [2.05, 4.69) is 15.9 Å². The van der Waals surface area contributed by atoms with Crippen molar-refractivity contribution in [2.75, 3.05) is 13.7 Å². The van der Waals surface area contributed by atoms with Crippen LogP contribution in [0.2, 0.25) is 0 Å². The van der Waals surface area contributed by atoms with Crippen molar-refractivity contribution < 1.29 is 14.3 Å². The number of benzene rings is 2. The lowest BCUT2D eigenvalue weighted by Gasteiger charge is -2.29. The number of aromatic nitrogens is 1. The van der Waals surface area contributed by atoms with Crippen LogP contribution in [0, 0.1) is 6.92 Å². The minimum atomic E-state index is -0.0133. The number of aryl methyl sites for hydroxylation is 1. The molecular weight excluding hydrogens is 420 g/mol. The van der Waals surface area contributed by atoms with E-state index in [1.165, 1.54) is 5.56 Å². The van der Waals surface area contributed by atoms with Gasteiger partial charge in [-0.1, -0.05) is 28.1 Å². The number of amides is 1. The Labute approximate surface area is 172 Å². The largest absolute Gasteiger partial charge is 0.496 e. The topological polar surface area (TPSA) is 51.5 Å². The van der Waals surface area contributed by atoms with Crippen LogP contribution in [0.5, 0.6) is 5.75 Å². The second-order valence-electron chi connectivity index (χ2n) is 7.06. The first-order valence-corrected chi connectivity index (χ1v) is 9.99. The predicted molar refractivity (Wildman–Crippen MR) is 112 cm³/mol. The Hall–Kier alpha value is -2.60. The van der Waals surface area contributed by atoms with Crippen LogP contribution in [0.4, 0.5) is 0 Å². The van der Waals surface area contributed by atoms with E-state index in [4.69, 9.17) is 4.74 Å². The summed E-state index contributed by atoms with van der Waals surface area (Å²) in [5.41, 5.74) is 4.88. The SMILES string of the molecule is COc1cccc2c1CCN(C(=O)c1cn(CC=O)c3c(C)cc(Br)cc13)C2. The molecule has 2 heterocycles. The van der Waals surface area contributed by atoms with E-state index in [0.717, 1.165) is 45.0 Å². The van der Waals surface area contributed by atoms with Gasteiger partial charge < -0.3 is 19.0 Å². The number of ether oxygens (including phenoxy) is 1. The smallest absolute Gasteiger partial charge is 0.256 e. The molecule has 0 aliphatic carbocycles. The Morgan fingerprint density at radius 2 is 2.14 bits per heavy atom. The molecule has 1 amide bonds. The molecule has 0 spiro atoms. The third-order valence-corrected chi connectivity index (χ3v) is 5.82. The maximum absolute atomic E-state index is 13.4. The highest BCUT2D eigenvalue weighted by Crippen LogP contribution is 2.32. The molecule has 0 radical (unpaired) electrons. The Balaban J connectivity index is 1.74. The van der Waals surface area contributed by atoms with Gasteiger partial charge in [-0.15, -0.1) is 0 Å². The normalized spacial score (nSPS) is 13.5. The van der Waals surface area contributed by atoms with Crippen LogP contribution in [0.3, 0.4) is 0 Å². The fraction of sp³-hybridized carbons (Fsp3) is 0.273. The lowest BCUT2D eigenvalue weighted by Crippen LogP contribution is -2.36. The first kappa shape index (κ1) is 18.7. The number of hydrogen-bond acceptors (Lipinski definition) is 3. The van der Waals surface area contributed by atoms with Crippen molar-refractivity contribution in [2.45, 2.75) is 26.4 Å². The van der Waals surface area contributed by atoms with Gasteiger partial charge in [0.05, 0.1) is 24.7 Å². The number of fused-ring (bicyclic) bond motifs is 2. The lowest BCUT2D eigenvalue weighted by molar-refractivity contribution is -0.108. The van der Waals surface area contributed by atoms with Gasteiger partial charge in [-0.2, -0.15) is 0 Å². The highest BCUT2D eigenvalue weighted by molar-refractivity contribution is 9.10. The van der Waals surface area contributed by atoms with Gasteiger partial charge in [0.15, 0.2) is 0 Å². The summed E-state index contributed by atoms with van der Waals surface area (Å²) >= 11 is 3.53. The number of rotatable bonds is 4. The number of halogens is 1. The van der Waals surface area contributed by atoms with Crippen LogP contribution in [0.1, 0.15) is 27.0 Å². The summed E-state index contributed by atoms with van der Waals surface area (Å²) in [6.07, 6.45) is 3.43. The van der Waals surface area contributed by atoms with E-state index in [1.54, 1.807) is 7.11 Å². The monoisotopic (exact) mass is 440 g/mol. The van der Waals surface area contributed by atoms with Gasteiger partial charge >= 0.3 is 0 Å². The van der Waals surface area contributed by atoms with Crippen molar-refractivity contribution in [1.29, 1.82) is 0 Å². The highest BCUT2D eigenvalue weighted by atomic mass is 79.9. The van der Waals surface area contributed by atoms with Crippen LogP contribution in [-0.4, -0.2) is 35.3 Å². The number of nitrogens with zero attached hydrogens (tertiary/aromatic N) is 2. The minimum absolute atomic E-state index is 0.0133. The quantitative estimate of drug-likeness (QED) is 0.573. The van der Waals surface area contributed by atoms with Crippen molar-refractivity contribution in [3.05, 3.63) is 63.3 Å². The molecule has 1 aliphatic rings. The molecule has 0 N–H and O–H groups in total. The molecule has 144 valence electrons. The molecule has 1 aliphatic heterocycles. The number of carbonyl (C=O) groups is 2. The second-order valence-corrected chi connectivity index (χ2v) is 7.97. The summed E-state index contributed by atoms with van der Waals surface area (Å²) in [5.74, 6) is 0.868. The van der Waals surface area contributed by atoms with Crippen molar-refractivity contribution in [3.8, 4) is 5.75 Å². The molecule has 5 nitrogen and oxygen atoms in total. The van der Waals surface area contributed by atoms with E-state index in [9.17, 15) is 9.59 Å². The van der Waals surface area contributed by atoms with Crippen LogP contribution in [-0.2, 0) is 24.3 Å². The van der Waals surface area contributed by atoms with Gasteiger partial charge in [-0.3, -0.25) is 4.79 Å². The molecule has 4 rings (SSSR count). The summed E-state index contributed by atoms with van der Waals surface area (Å²) in [6, 6.07) is 9.93. The van der Waals surface area contributed by atoms with Gasteiger partial charge in [-0.05, 0) is 42.7 Å². The Bertz CT molecular complexity index is 1090. The van der Waals surface area contributed by atoms with Gasteiger partial charge in [0.2, 0.25) is 0 Å². The fourth-order valence-corrected chi connectivity index (χ4v) is 4.69. The van der Waals surface area contributed by atoms with E-state index >= 15 is 0 Å². The van der Waals surface area contributed by atoms with E-state index in [1.807, 2.05) is 52.9 Å². The molecule has 3 aromatic rings. The van der Waals surface area contributed by atoms with Crippen LogP contribution in [0.25, 0.3) is 10.9 Å². The predicted octanol–water partition coefficient (Wildman–Crippen LogP) is 4.12. The van der Waals surface area contributed by atoms with Crippen molar-refractivity contribution in [2.24, 2.45) is 0 Å². The molecule has 0 bridgehead atoms. The van der Waals surface area contributed by atoms with Gasteiger partial charge in [0, 0.05) is 34.7 Å². The number of hydrogen-bond donors (Lipinski definition) is 0. The maximum atomic E-state index is 13.4. The summed E-state index contributed by atoms with van der Waals surface area (Å²) in [5, 5.41) is 0.871. The van der Waals surface area contributed by atoms with Crippen LogP contribution in [0.15, 0.2) is 41.0 Å². The first-order valence-electron chi connectivity index (χ1n) is 9.20. The third kappa shape index (κ3) is 3.11. The molecule has 6 heteroatoms. The molecule has 0 fully saturated rings. The number of methoxy groups -OCH3 is 1. The van der Waals surface area contributed by atoms with Gasteiger partial charge in [-0.25, -0.2) is 0 Å². The Kier molecular flexibility index (Phi) is 4.98. The molecule has 28 heavy (non-hydrogen) atoms. The number of carbonyl (C=O) groups excluding carboxylic acids is 2. The van der Waals surface area contributed by atoms with Crippen molar-refractivity contribution in [3.63, 3.8) is 0 Å². The molecule has 0 unspecified atom stereocenters. The zero-order valence-corrected chi connectivity index (χ0v) is 17.5. The summed E-state index contributed by atoms with van der Waals surface area (Å²) in [6.45, 7) is 3.41. The Morgan fingerprint density at radius 1 is 1.32 bits per heavy atom. The standard InChI is InChI=1S/C22H21BrN2O3/c1-14-10-16(23)11-18-19(13-24(8-9-26)21(14)18)22(27)25-7-6-17-15(12-25)4-3-5-20(17)28-2/h3-5,9-11,13H,6-8,12H2,1-2H3. The van der Waals surface area contributed by atoms with Crippen molar-refractivity contribution >= 4 is 39.0 Å². The summed E-state index contributed by atoms with van der Waals surface area (Å²) < 4.78 is 8.24. The molecule has 0 saturated carbocycles. The average Bonchev–Trinajstić information content (AvgIpc) is 3.05.